The molecule has 0 saturated heterocycles. The van der Waals surface area contributed by atoms with Gasteiger partial charge in [-0.05, 0) is 72.9 Å². The summed E-state index contributed by atoms with van der Waals surface area (Å²) >= 11 is 0. The van der Waals surface area contributed by atoms with Gasteiger partial charge < -0.3 is 10.1 Å². The molecule has 0 bridgehead atoms. The van der Waals surface area contributed by atoms with E-state index in [0.717, 1.165) is 34.6 Å². The smallest absolute Gasteiger partial charge is 0.223 e. The summed E-state index contributed by atoms with van der Waals surface area (Å²) < 4.78 is 33.8. The molecule has 5 rings (SSSR count). The molecule has 6 heteroatoms. The second-order valence-electron chi connectivity index (χ2n) is 9.99. The Bertz CT molecular complexity index is 986. The molecule has 1 amide bonds. The van der Waals surface area contributed by atoms with E-state index in [0.29, 0.717) is 38.4 Å². The molecule has 3 aliphatic rings. The number of nitrogens with zero attached hydrogens (tertiary/aromatic N) is 1. The number of halogens is 2. The van der Waals surface area contributed by atoms with Gasteiger partial charge in [0.15, 0.2) is 0 Å². The first-order valence-corrected chi connectivity index (χ1v) is 12.1. The van der Waals surface area contributed by atoms with E-state index in [2.05, 4.69) is 10.2 Å². The summed E-state index contributed by atoms with van der Waals surface area (Å²) in [6.07, 6.45) is 1.29. The fourth-order valence-corrected chi connectivity index (χ4v) is 4.69. The van der Waals surface area contributed by atoms with Crippen LogP contribution < -0.4 is 10.1 Å². The SMILES string of the molecule is C[C@H](NC(=O)[C@H]1C[C@@H](F)C1)c1ccc(CN2Cc3ccc(OCC4CC4)cc3C(F)C2)cc1. The Morgan fingerprint density at radius 2 is 1.91 bits per heavy atom. The van der Waals surface area contributed by atoms with E-state index in [1.54, 1.807) is 0 Å². The van der Waals surface area contributed by atoms with Crippen molar-refractivity contribution in [1.29, 1.82) is 0 Å². The molecule has 2 saturated carbocycles. The number of ether oxygens (including phenoxy) is 1. The number of amides is 1. The van der Waals surface area contributed by atoms with Crippen LogP contribution in [-0.2, 0) is 17.9 Å². The molecule has 1 heterocycles. The van der Waals surface area contributed by atoms with E-state index >= 15 is 0 Å². The van der Waals surface area contributed by atoms with Crippen molar-refractivity contribution in [3.8, 4) is 5.75 Å². The monoisotopic (exact) mass is 454 g/mol. The number of rotatable bonds is 8. The first kappa shape index (κ1) is 22.3. The molecule has 0 radical (unpaired) electrons. The third-order valence-electron chi connectivity index (χ3n) is 7.15. The zero-order valence-electron chi connectivity index (χ0n) is 19.1. The topological polar surface area (TPSA) is 41.6 Å². The van der Waals surface area contributed by atoms with Gasteiger partial charge in [0.2, 0.25) is 5.91 Å². The minimum atomic E-state index is -1.02. The van der Waals surface area contributed by atoms with Crippen LogP contribution in [-0.4, -0.2) is 30.1 Å². The highest BCUT2D eigenvalue weighted by Crippen LogP contribution is 2.35. The number of fused-ring (bicyclic) bond motifs is 1. The van der Waals surface area contributed by atoms with Crippen LogP contribution in [0.15, 0.2) is 42.5 Å². The van der Waals surface area contributed by atoms with E-state index in [1.807, 2.05) is 49.4 Å². The van der Waals surface area contributed by atoms with Crippen LogP contribution in [0.1, 0.15) is 67.1 Å². The predicted molar refractivity (Wildman–Crippen MR) is 123 cm³/mol. The number of carbonyl (C=O) groups excluding carboxylic acids is 1. The fourth-order valence-electron chi connectivity index (χ4n) is 4.69. The summed E-state index contributed by atoms with van der Waals surface area (Å²) in [6, 6.07) is 13.8. The number of hydrogen-bond donors (Lipinski definition) is 1. The first-order valence-electron chi connectivity index (χ1n) is 12.1. The third-order valence-corrected chi connectivity index (χ3v) is 7.15. The van der Waals surface area contributed by atoms with Crippen LogP contribution in [0.3, 0.4) is 0 Å². The van der Waals surface area contributed by atoms with Gasteiger partial charge in [0.05, 0.1) is 12.6 Å². The van der Waals surface area contributed by atoms with Crippen molar-refractivity contribution >= 4 is 5.91 Å². The average Bonchev–Trinajstić information content (AvgIpc) is 3.61. The Labute approximate surface area is 194 Å². The molecule has 2 aromatic rings. The normalized spacial score (nSPS) is 25.6. The van der Waals surface area contributed by atoms with Crippen LogP contribution in [0.25, 0.3) is 0 Å². The Balaban J connectivity index is 1.15. The lowest BCUT2D eigenvalue weighted by Gasteiger charge is -2.31. The van der Waals surface area contributed by atoms with E-state index < -0.39 is 12.3 Å². The van der Waals surface area contributed by atoms with Gasteiger partial charge in [0.1, 0.15) is 18.1 Å². The maximum absolute atomic E-state index is 15.0. The minimum Gasteiger partial charge on any atom is -0.493 e. The van der Waals surface area contributed by atoms with E-state index in [4.69, 9.17) is 4.74 Å². The fraction of sp³-hybridized carbons (Fsp3) is 0.519. The van der Waals surface area contributed by atoms with E-state index in [1.165, 1.54) is 12.8 Å². The lowest BCUT2D eigenvalue weighted by Crippen LogP contribution is -2.40. The van der Waals surface area contributed by atoms with Crippen molar-refractivity contribution in [2.75, 3.05) is 13.2 Å². The van der Waals surface area contributed by atoms with Gasteiger partial charge in [0.25, 0.3) is 0 Å². The number of nitrogens with one attached hydrogen (secondary N) is 1. The Morgan fingerprint density at radius 1 is 1.15 bits per heavy atom. The summed E-state index contributed by atoms with van der Waals surface area (Å²) in [5.41, 5.74) is 3.89. The molecular weight excluding hydrogens is 422 g/mol. The first-order chi connectivity index (χ1) is 15.9. The summed E-state index contributed by atoms with van der Waals surface area (Å²) in [6.45, 7) is 4.42. The number of carbonyl (C=O) groups is 1. The van der Waals surface area contributed by atoms with Crippen LogP contribution in [0.4, 0.5) is 8.78 Å². The largest absolute Gasteiger partial charge is 0.493 e. The van der Waals surface area contributed by atoms with Gasteiger partial charge in [0, 0.05) is 25.6 Å². The predicted octanol–water partition coefficient (Wildman–Crippen LogP) is 5.43. The van der Waals surface area contributed by atoms with Gasteiger partial charge >= 0.3 is 0 Å². The molecule has 33 heavy (non-hydrogen) atoms. The zero-order chi connectivity index (χ0) is 22.9. The average molecular weight is 455 g/mol. The molecule has 1 aliphatic heterocycles. The molecule has 2 aliphatic carbocycles. The lowest BCUT2D eigenvalue weighted by molar-refractivity contribution is -0.130. The van der Waals surface area contributed by atoms with Crippen molar-refractivity contribution in [2.45, 2.75) is 64.1 Å². The Hall–Kier alpha value is -2.47. The van der Waals surface area contributed by atoms with Crippen LogP contribution in [0.5, 0.6) is 5.75 Å². The highest BCUT2D eigenvalue weighted by molar-refractivity contribution is 5.80. The maximum atomic E-state index is 15.0. The highest BCUT2D eigenvalue weighted by atomic mass is 19.1. The molecule has 176 valence electrons. The maximum Gasteiger partial charge on any atom is 0.223 e. The molecular formula is C27H32F2N2O2. The van der Waals surface area contributed by atoms with Gasteiger partial charge in [-0.15, -0.1) is 0 Å². The van der Waals surface area contributed by atoms with Crippen LogP contribution >= 0.6 is 0 Å². The molecule has 2 atom stereocenters. The van der Waals surface area contributed by atoms with E-state index in [9.17, 15) is 13.6 Å². The van der Waals surface area contributed by atoms with Gasteiger partial charge in [-0.25, -0.2) is 8.78 Å². The van der Waals surface area contributed by atoms with Crippen LogP contribution in [0, 0.1) is 11.8 Å². The Kier molecular flexibility index (Phi) is 6.37. The molecule has 0 spiro atoms. The van der Waals surface area contributed by atoms with Gasteiger partial charge in [-0.3, -0.25) is 9.69 Å². The van der Waals surface area contributed by atoms with Crippen molar-refractivity contribution in [3.05, 3.63) is 64.7 Å². The Morgan fingerprint density at radius 3 is 2.61 bits per heavy atom. The van der Waals surface area contributed by atoms with Crippen molar-refractivity contribution in [2.24, 2.45) is 11.8 Å². The lowest BCUT2D eigenvalue weighted by atomic mass is 9.82. The van der Waals surface area contributed by atoms with Gasteiger partial charge in [-0.2, -0.15) is 0 Å². The standard InChI is InChI=1S/C27H32F2N2O2/c1-17(30-27(32)22-10-23(28)11-22)20-6-4-18(5-7-20)13-31-14-21-8-9-24(33-16-19-2-3-19)12-25(21)26(29)15-31/h4-9,12,17,19,22-23,26H,2-3,10-11,13-16H2,1H3,(H,30,32)/t17-,22-,23+,26?/m0/s1. The summed E-state index contributed by atoms with van der Waals surface area (Å²) in [5.74, 6) is 1.19. The van der Waals surface area contributed by atoms with Crippen LogP contribution in [0.2, 0.25) is 0 Å². The summed E-state index contributed by atoms with van der Waals surface area (Å²) in [5, 5.41) is 2.98. The molecule has 1 N–H and O–H groups in total. The highest BCUT2D eigenvalue weighted by Gasteiger charge is 2.35. The van der Waals surface area contributed by atoms with Crippen molar-refractivity contribution in [1.82, 2.24) is 10.2 Å². The van der Waals surface area contributed by atoms with Crippen molar-refractivity contribution in [3.63, 3.8) is 0 Å². The summed E-state index contributed by atoms with van der Waals surface area (Å²) in [4.78, 5) is 14.3. The molecule has 2 aromatic carbocycles. The molecule has 4 nitrogen and oxygen atoms in total. The van der Waals surface area contributed by atoms with Crippen molar-refractivity contribution < 1.29 is 18.3 Å². The second kappa shape index (κ2) is 9.41. The second-order valence-corrected chi connectivity index (χ2v) is 9.99. The molecule has 2 fully saturated rings. The number of hydrogen-bond acceptors (Lipinski definition) is 3. The number of alkyl halides is 2. The molecule has 1 unspecified atom stereocenters. The zero-order valence-corrected chi connectivity index (χ0v) is 19.1. The molecule has 0 aromatic heterocycles. The number of benzene rings is 2. The van der Waals surface area contributed by atoms with Gasteiger partial charge in [-0.1, -0.05) is 30.3 Å². The summed E-state index contributed by atoms with van der Waals surface area (Å²) in [7, 11) is 0. The van der Waals surface area contributed by atoms with E-state index in [-0.39, 0.29) is 17.9 Å². The third kappa shape index (κ3) is 5.37. The minimum absolute atomic E-state index is 0.0671. The quantitative estimate of drug-likeness (QED) is 0.579.